The molecule has 4 heteroatoms. The van der Waals surface area contributed by atoms with Crippen LogP contribution in [0, 0.1) is 0 Å². The molecule has 0 saturated heterocycles. The Hall–Kier alpha value is 0.150. The molecule has 10 heavy (non-hydrogen) atoms. The lowest BCUT2D eigenvalue weighted by atomic mass is 10.6. The van der Waals surface area contributed by atoms with Crippen molar-refractivity contribution in [3.63, 3.8) is 0 Å². The zero-order valence-electron chi connectivity index (χ0n) is 5.68. The van der Waals surface area contributed by atoms with Crippen molar-refractivity contribution < 1.29 is 0 Å². The number of nitrogens with zero attached hydrogens (tertiary/aromatic N) is 1. The molecule has 0 bridgehead atoms. The lowest BCUT2D eigenvalue weighted by Crippen LogP contribution is -2.09. The van der Waals surface area contributed by atoms with Crippen molar-refractivity contribution in [2.45, 2.75) is 0 Å². The van der Waals surface area contributed by atoms with E-state index in [0.717, 1.165) is 6.54 Å². The van der Waals surface area contributed by atoms with Gasteiger partial charge in [0.05, 0.1) is 0 Å². The van der Waals surface area contributed by atoms with Gasteiger partial charge in [-0.25, -0.2) is 0 Å². The third-order valence-electron chi connectivity index (χ3n) is 0.735. The van der Waals surface area contributed by atoms with Gasteiger partial charge in [0.1, 0.15) is 4.49 Å². The van der Waals surface area contributed by atoms with E-state index in [1.54, 1.807) is 12.3 Å². The number of rotatable bonds is 3. The molecule has 0 spiro atoms. The maximum Gasteiger partial charge on any atom is 0.122 e. The van der Waals surface area contributed by atoms with Gasteiger partial charge in [-0.1, -0.05) is 29.3 Å². The van der Waals surface area contributed by atoms with E-state index in [-0.39, 0.29) is 16.9 Å². The summed E-state index contributed by atoms with van der Waals surface area (Å²) < 4.78 is 0.263. The van der Waals surface area contributed by atoms with Crippen LogP contribution in [0.25, 0.3) is 0 Å². The molecule has 0 aromatic carbocycles. The highest BCUT2D eigenvalue weighted by Gasteiger charge is 1.87. The number of halogens is 3. The molecular weight excluding hydrogens is 192 g/mol. The summed E-state index contributed by atoms with van der Waals surface area (Å²) in [5.74, 6) is 0. The van der Waals surface area contributed by atoms with Gasteiger partial charge in [-0.3, -0.25) is 0 Å². The Morgan fingerprint density at radius 1 is 1.60 bits per heavy atom. The molecule has 0 aliphatic heterocycles. The fraction of sp³-hybridized carbons (Fsp3) is 0.333. The smallest absolute Gasteiger partial charge is 0.122 e. The fourth-order valence-corrected chi connectivity index (χ4v) is 0.756. The van der Waals surface area contributed by atoms with Gasteiger partial charge in [0.15, 0.2) is 0 Å². The van der Waals surface area contributed by atoms with Crippen molar-refractivity contribution in [3.8, 4) is 0 Å². The molecule has 0 aliphatic rings. The Labute approximate surface area is 77.7 Å². The largest absolute Gasteiger partial charge is 0.375 e. The first-order valence-electron chi connectivity index (χ1n) is 2.50. The molecule has 0 radical (unpaired) electrons. The monoisotopic (exact) mass is 201 g/mol. The van der Waals surface area contributed by atoms with E-state index < -0.39 is 0 Å². The van der Waals surface area contributed by atoms with Crippen LogP contribution in [-0.2, 0) is 0 Å². The van der Waals surface area contributed by atoms with Crippen LogP contribution < -0.4 is 0 Å². The summed E-state index contributed by atoms with van der Waals surface area (Å²) in [6.07, 6.45) is 3.40. The molecule has 0 amide bonds. The number of likely N-dealkylation sites (N-methyl/N-ethyl adjacent to an activating group) is 1. The minimum atomic E-state index is 0. The van der Waals surface area contributed by atoms with Gasteiger partial charge in [-0.05, 0) is 0 Å². The molecule has 0 N–H and O–H groups in total. The Morgan fingerprint density at radius 2 is 2.10 bits per heavy atom. The van der Waals surface area contributed by atoms with Crippen molar-refractivity contribution in [1.82, 2.24) is 4.90 Å². The summed E-state index contributed by atoms with van der Waals surface area (Å²) in [6, 6.07) is 0. The van der Waals surface area contributed by atoms with Crippen LogP contribution in [0.4, 0.5) is 0 Å². The Morgan fingerprint density at radius 3 is 2.40 bits per heavy atom. The lowest BCUT2D eigenvalue weighted by Gasteiger charge is -2.08. The average Bonchev–Trinajstić information content (AvgIpc) is 1.63. The highest BCUT2D eigenvalue weighted by molar-refractivity contribution is 6.55. The Balaban J connectivity index is 0. The summed E-state index contributed by atoms with van der Waals surface area (Å²) in [4.78, 5) is 1.84. The van der Waals surface area contributed by atoms with E-state index in [1.165, 1.54) is 0 Å². The second kappa shape index (κ2) is 7.26. The first-order chi connectivity index (χ1) is 4.16. The average molecular weight is 203 g/mol. The third kappa shape index (κ3) is 8.15. The van der Waals surface area contributed by atoms with E-state index >= 15 is 0 Å². The highest BCUT2D eigenvalue weighted by Crippen LogP contribution is 2.06. The highest BCUT2D eigenvalue weighted by atomic mass is 35.5. The molecular formula is C6H10Cl3N. The first-order valence-corrected chi connectivity index (χ1v) is 3.26. The first kappa shape index (κ1) is 12.8. The fourth-order valence-electron chi connectivity index (χ4n) is 0.423. The normalized spacial score (nSPS) is 7.50. The van der Waals surface area contributed by atoms with Crippen LogP contribution in [0.15, 0.2) is 23.3 Å². The molecule has 0 fully saturated rings. The van der Waals surface area contributed by atoms with Gasteiger partial charge >= 0.3 is 0 Å². The molecule has 0 unspecified atom stereocenters. The molecule has 60 valence electrons. The summed E-state index contributed by atoms with van der Waals surface area (Å²) in [5, 5.41) is 0. The van der Waals surface area contributed by atoms with Crippen molar-refractivity contribution >= 4 is 35.6 Å². The minimum Gasteiger partial charge on any atom is -0.375 e. The molecule has 0 atom stereocenters. The SMILES string of the molecule is C=CCN(C)C=C(Cl)Cl.Cl. The molecule has 0 aromatic rings. The van der Waals surface area contributed by atoms with Gasteiger partial charge in [-0.15, -0.1) is 19.0 Å². The molecule has 0 aliphatic carbocycles. The van der Waals surface area contributed by atoms with Crippen molar-refractivity contribution in [2.75, 3.05) is 13.6 Å². The van der Waals surface area contributed by atoms with Crippen molar-refractivity contribution in [2.24, 2.45) is 0 Å². The summed E-state index contributed by atoms with van der Waals surface area (Å²) in [5.41, 5.74) is 0. The quantitative estimate of drug-likeness (QED) is 0.636. The van der Waals surface area contributed by atoms with Crippen LogP contribution in [0.3, 0.4) is 0 Å². The number of hydrogen-bond acceptors (Lipinski definition) is 1. The van der Waals surface area contributed by atoms with Crippen LogP contribution in [0.1, 0.15) is 0 Å². The predicted octanol–water partition coefficient (Wildman–Crippen LogP) is 2.80. The zero-order valence-corrected chi connectivity index (χ0v) is 8.01. The van der Waals surface area contributed by atoms with E-state index in [0.29, 0.717) is 0 Å². The van der Waals surface area contributed by atoms with Crippen LogP contribution >= 0.6 is 35.6 Å². The molecule has 0 saturated carbocycles. The van der Waals surface area contributed by atoms with E-state index in [1.807, 2.05) is 11.9 Å². The van der Waals surface area contributed by atoms with Gasteiger partial charge in [-0.2, -0.15) is 0 Å². The summed E-state index contributed by atoms with van der Waals surface area (Å²) in [6.45, 7) is 4.30. The Bertz CT molecular complexity index is 118. The standard InChI is InChI=1S/C6H9Cl2N.ClH/c1-3-4-9(2)5-6(7)8;/h3,5H,1,4H2,2H3;1H. The van der Waals surface area contributed by atoms with E-state index in [4.69, 9.17) is 23.2 Å². The zero-order chi connectivity index (χ0) is 7.28. The third-order valence-corrected chi connectivity index (χ3v) is 0.930. The van der Waals surface area contributed by atoms with E-state index in [2.05, 4.69) is 6.58 Å². The molecule has 0 aromatic heterocycles. The molecule has 0 heterocycles. The van der Waals surface area contributed by atoms with Crippen molar-refractivity contribution in [3.05, 3.63) is 23.3 Å². The molecule has 0 rings (SSSR count). The van der Waals surface area contributed by atoms with Gasteiger partial charge in [0.25, 0.3) is 0 Å². The van der Waals surface area contributed by atoms with Gasteiger partial charge in [0, 0.05) is 19.8 Å². The molecule has 1 nitrogen and oxygen atoms in total. The summed E-state index contributed by atoms with van der Waals surface area (Å²) in [7, 11) is 1.87. The predicted molar refractivity (Wildman–Crippen MR) is 49.9 cm³/mol. The topological polar surface area (TPSA) is 3.24 Å². The minimum absolute atomic E-state index is 0. The van der Waals surface area contributed by atoms with Crippen LogP contribution in [-0.4, -0.2) is 18.5 Å². The van der Waals surface area contributed by atoms with Crippen LogP contribution in [0.2, 0.25) is 0 Å². The summed E-state index contributed by atoms with van der Waals surface area (Å²) >= 11 is 10.7. The maximum absolute atomic E-state index is 5.36. The second-order valence-corrected chi connectivity index (χ2v) is 2.65. The van der Waals surface area contributed by atoms with Crippen molar-refractivity contribution in [1.29, 1.82) is 0 Å². The van der Waals surface area contributed by atoms with Gasteiger partial charge < -0.3 is 4.90 Å². The Kier molecular flexibility index (Phi) is 9.29. The number of hydrogen-bond donors (Lipinski definition) is 0. The maximum atomic E-state index is 5.36. The van der Waals surface area contributed by atoms with Gasteiger partial charge in [0.2, 0.25) is 0 Å². The lowest BCUT2D eigenvalue weighted by molar-refractivity contribution is 0.510. The van der Waals surface area contributed by atoms with E-state index in [9.17, 15) is 0 Å². The van der Waals surface area contributed by atoms with Crippen LogP contribution in [0.5, 0.6) is 0 Å². The second-order valence-electron chi connectivity index (χ2n) is 1.65.